The predicted molar refractivity (Wildman–Crippen MR) is 109 cm³/mol. The topological polar surface area (TPSA) is 122 Å². The Morgan fingerprint density at radius 1 is 1.17 bits per heavy atom. The summed E-state index contributed by atoms with van der Waals surface area (Å²) < 4.78 is 31.7. The van der Waals surface area contributed by atoms with Gasteiger partial charge >= 0.3 is 6.09 Å². The summed E-state index contributed by atoms with van der Waals surface area (Å²) in [6.45, 7) is 0.248. The third-order valence-electron chi connectivity index (χ3n) is 4.36. The molecule has 0 spiro atoms. The second kappa shape index (κ2) is 9.03. The lowest BCUT2D eigenvalue weighted by atomic mass is 10.0. The van der Waals surface area contributed by atoms with Crippen LogP contribution < -0.4 is 10.6 Å². The number of amides is 3. The summed E-state index contributed by atoms with van der Waals surface area (Å²) in [5.41, 5.74) is 0.0947. The van der Waals surface area contributed by atoms with Crippen LogP contribution in [-0.4, -0.2) is 50.3 Å². The first-order chi connectivity index (χ1) is 13.8. The monoisotopic (exact) mass is 457 g/mol. The Morgan fingerprint density at radius 3 is 2.66 bits per heavy atom. The van der Waals surface area contributed by atoms with E-state index in [9.17, 15) is 22.8 Å². The fourth-order valence-corrected chi connectivity index (χ4v) is 6.54. The van der Waals surface area contributed by atoms with Crippen molar-refractivity contribution in [3.8, 4) is 0 Å². The number of imide groups is 1. The van der Waals surface area contributed by atoms with E-state index in [0.29, 0.717) is 19.3 Å². The van der Waals surface area contributed by atoms with E-state index in [0.717, 1.165) is 29.8 Å². The molecule has 1 fully saturated rings. The summed E-state index contributed by atoms with van der Waals surface area (Å²) in [6, 6.07) is 3.74. The van der Waals surface area contributed by atoms with E-state index in [1.165, 1.54) is 16.4 Å². The van der Waals surface area contributed by atoms with Crippen LogP contribution in [0.5, 0.6) is 0 Å². The number of sulfonamides is 1. The van der Waals surface area contributed by atoms with E-state index < -0.39 is 34.0 Å². The minimum atomic E-state index is -3.78. The zero-order chi connectivity index (χ0) is 21.0. The van der Waals surface area contributed by atoms with Gasteiger partial charge in [0.2, 0.25) is 5.91 Å². The normalized spacial score (nSPS) is 17.5. The Bertz CT molecular complexity index is 1000. The zero-order valence-corrected chi connectivity index (χ0v) is 17.9. The van der Waals surface area contributed by atoms with Gasteiger partial charge in [-0.3, -0.25) is 14.9 Å². The number of thiophene rings is 2. The molecule has 156 valence electrons. The van der Waals surface area contributed by atoms with Gasteiger partial charge < -0.3 is 10.1 Å². The van der Waals surface area contributed by atoms with Crippen LogP contribution in [0.1, 0.15) is 29.6 Å². The van der Waals surface area contributed by atoms with Crippen LogP contribution in [0, 0.1) is 0 Å². The molecule has 0 saturated carbocycles. The van der Waals surface area contributed by atoms with Gasteiger partial charge in [0.05, 0.1) is 12.7 Å². The van der Waals surface area contributed by atoms with Gasteiger partial charge in [0.1, 0.15) is 15.3 Å². The summed E-state index contributed by atoms with van der Waals surface area (Å²) in [6.07, 6.45) is 0.847. The van der Waals surface area contributed by atoms with Crippen LogP contribution in [0.2, 0.25) is 0 Å². The highest BCUT2D eigenvalue weighted by Crippen LogP contribution is 2.30. The van der Waals surface area contributed by atoms with Crippen LogP contribution in [0.25, 0.3) is 0 Å². The predicted octanol–water partition coefficient (Wildman–Crippen LogP) is 2.49. The number of alkyl carbamates (subject to hydrolysis) is 1. The number of rotatable bonds is 5. The van der Waals surface area contributed by atoms with Gasteiger partial charge in [0, 0.05) is 6.54 Å². The first-order valence-corrected chi connectivity index (χ1v) is 11.9. The number of nitrogens with one attached hydrogen (secondary N) is 2. The Labute approximate surface area is 175 Å². The standard InChI is InChI=1S/C17H19N3O6S3/c1-26-17(23)19-14(21)11-7-10-28-16(11)18-15(22)12-5-2-3-8-20(12)29(24,25)13-6-4-9-27-13/h4,6-7,9-10,12H,2-3,5,8H2,1H3,(H,18,22)(H,19,21,23). The Morgan fingerprint density at radius 2 is 1.97 bits per heavy atom. The van der Waals surface area contributed by atoms with Crippen molar-refractivity contribution in [2.45, 2.75) is 29.5 Å². The molecule has 1 atom stereocenters. The molecule has 3 rings (SSSR count). The SMILES string of the molecule is COC(=O)NC(=O)c1ccsc1NC(=O)C1CCCCN1S(=O)(=O)c1cccs1. The van der Waals surface area contributed by atoms with E-state index in [2.05, 4.69) is 10.1 Å². The summed E-state index contributed by atoms with van der Waals surface area (Å²) in [7, 11) is -2.65. The molecule has 29 heavy (non-hydrogen) atoms. The second-order valence-corrected chi connectivity index (χ2v) is 10.1. The van der Waals surface area contributed by atoms with Gasteiger partial charge in [0.25, 0.3) is 15.9 Å². The number of carbonyl (C=O) groups excluding carboxylic acids is 3. The highest BCUT2D eigenvalue weighted by Gasteiger charge is 2.38. The average molecular weight is 458 g/mol. The maximum atomic E-state index is 12.9. The molecule has 3 amide bonds. The van der Waals surface area contributed by atoms with Crippen molar-refractivity contribution in [2.24, 2.45) is 0 Å². The number of nitrogens with zero attached hydrogens (tertiary/aromatic N) is 1. The van der Waals surface area contributed by atoms with Crippen LogP contribution in [-0.2, 0) is 19.6 Å². The summed E-state index contributed by atoms with van der Waals surface area (Å²) in [5, 5.41) is 8.16. The maximum absolute atomic E-state index is 12.9. The van der Waals surface area contributed by atoms with Crippen LogP contribution >= 0.6 is 22.7 Å². The number of hydrogen-bond acceptors (Lipinski definition) is 8. The van der Waals surface area contributed by atoms with E-state index in [4.69, 9.17) is 0 Å². The molecular formula is C17H19N3O6S3. The van der Waals surface area contributed by atoms with E-state index in [1.807, 2.05) is 5.32 Å². The molecule has 12 heteroatoms. The molecule has 0 aliphatic carbocycles. The molecule has 0 bridgehead atoms. The van der Waals surface area contributed by atoms with Gasteiger partial charge in [0.15, 0.2) is 0 Å². The molecule has 2 aromatic rings. The molecule has 2 aromatic heterocycles. The van der Waals surface area contributed by atoms with Crippen molar-refractivity contribution in [1.29, 1.82) is 0 Å². The second-order valence-electron chi connectivity index (χ2n) is 6.16. The van der Waals surface area contributed by atoms with Crippen LogP contribution in [0.3, 0.4) is 0 Å². The lowest BCUT2D eigenvalue weighted by Crippen LogP contribution is -2.49. The molecule has 1 saturated heterocycles. The molecule has 1 aliphatic rings. The maximum Gasteiger partial charge on any atom is 0.413 e. The highest BCUT2D eigenvalue weighted by atomic mass is 32.2. The quantitative estimate of drug-likeness (QED) is 0.711. The van der Waals surface area contributed by atoms with E-state index in [-0.39, 0.29) is 21.3 Å². The summed E-state index contributed by atoms with van der Waals surface area (Å²) in [4.78, 5) is 36.3. The van der Waals surface area contributed by atoms with Gasteiger partial charge in [-0.2, -0.15) is 4.31 Å². The fraction of sp³-hybridized carbons (Fsp3) is 0.353. The van der Waals surface area contributed by atoms with Crippen molar-refractivity contribution in [1.82, 2.24) is 9.62 Å². The number of hydrogen-bond donors (Lipinski definition) is 2. The highest BCUT2D eigenvalue weighted by molar-refractivity contribution is 7.91. The Balaban J connectivity index is 1.79. The van der Waals surface area contributed by atoms with E-state index in [1.54, 1.807) is 16.8 Å². The number of ether oxygens (including phenoxy) is 1. The Kier molecular flexibility index (Phi) is 6.67. The third-order valence-corrected chi connectivity index (χ3v) is 8.47. The molecular weight excluding hydrogens is 438 g/mol. The van der Waals surface area contributed by atoms with E-state index >= 15 is 0 Å². The largest absolute Gasteiger partial charge is 0.453 e. The number of carbonyl (C=O) groups is 3. The molecule has 1 aliphatic heterocycles. The fourth-order valence-electron chi connectivity index (χ4n) is 2.97. The lowest BCUT2D eigenvalue weighted by molar-refractivity contribution is -0.120. The van der Waals surface area contributed by atoms with Crippen molar-refractivity contribution >= 4 is 55.6 Å². The van der Waals surface area contributed by atoms with Gasteiger partial charge in [-0.05, 0) is 35.7 Å². The third kappa shape index (κ3) is 4.66. The lowest BCUT2D eigenvalue weighted by Gasteiger charge is -2.33. The van der Waals surface area contributed by atoms with Gasteiger partial charge in [-0.15, -0.1) is 22.7 Å². The Hall–Kier alpha value is -2.28. The smallest absolute Gasteiger partial charge is 0.413 e. The van der Waals surface area contributed by atoms with Gasteiger partial charge in [-0.1, -0.05) is 12.5 Å². The molecule has 9 nitrogen and oxygen atoms in total. The number of piperidine rings is 1. The first kappa shape index (κ1) is 21.4. The van der Waals surface area contributed by atoms with Crippen molar-refractivity contribution in [3.05, 3.63) is 34.5 Å². The summed E-state index contributed by atoms with van der Waals surface area (Å²) >= 11 is 2.20. The zero-order valence-electron chi connectivity index (χ0n) is 15.4. The number of methoxy groups -OCH3 is 1. The minimum absolute atomic E-state index is 0.0947. The minimum Gasteiger partial charge on any atom is -0.453 e. The molecule has 0 radical (unpaired) electrons. The molecule has 0 aromatic carbocycles. The van der Waals surface area contributed by atoms with Crippen LogP contribution in [0.4, 0.5) is 9.80 Å². The average Bonchev–Trinajstić information content (AvgIpc) is 3.40. The summed E-state index contributed by atoms with van der Waals surface area (Å²) in [5.74, 6) is -1.24. The van der Waals surface area contributed by atoms with Crippen molar-refractivity contribution in [2.75, 3.05) is 19.0 Å². The molecule has 3 heterocycles. The van der Waals surface area contributed by atoms with Gasteiger partial charge in [-0.25, -0.2) is 13.2 Å². The van der Waals surface area contributed by atoms with Crippen LogP contribution in [0.15, 0.2) is 33.2 Å². The molecule has 1 unspecified atom stereocenters. The van der Waals surface area contributed by atoms with Crippen molar-refractivity contribution in [3.63, 3.8) is 0 Å². The molecule has 2 N–H and O–H groups in total. The number of anilines is 1. The van der Waals surface area contributed by atoms with Crippen molar-refractivity contribution < 1.29 is 27.5 Å². The first-order valence-electron chi connectivity index (χ1n) is 8.67.